The fourth-order valence-electron chi connectivity index (χ4n) is 4.37. The molecular weight excluding hydrogens is 438 g/mol. The third kappa shape index (κ3) is 6.13. The van der Waals surface area contributed by atoms with Crippen LogP contribution in [0.25, 0.3) is 0 Å². The number of benzene rings is 2. The first kappa shape index (κ1) is 23.7. The molecule has 2 aromatic rings. The average molecular weight is 472 g/mol. The van der Waals surface area contributed by atoms with E-state index in [2.05, 4.69) is 4.90 Å². The largest absolute Gasteiger partial charge is 0.492 e. The number of rotatable bonds is 7. The Hall–Kier alpha value is -2.42. The van der Waals surface area contributed by atoms with E-state index in [1.54, 1.807) is 28.6 Å². The lowest BCUT2D eigenvalue weighted by atomic mass is 10.2. The Balaban J connectivity index is 1.27. The summed E-state index contributed by atoms with van der Waals surface area (Å²) in [5.74, 6) is 0.821. The molecule has 0 spiro atoms. The monoisotopic (exact) mass is 471 g/mol. The van der Waals surface area contributed by atoms with Crippen LogP contribution in [0.15, 0.2) is 59.5 Å². The van der Waals surface area contributed by atoms with E-state index < -0.39 is 10.0 Å². The number of hydrogen-bond donors (Lipinski definition) is 0. The molecule has 8 heteroatoms. The fourth-order valence-corrected chi connectivity index (χ4v) is 5.88. The average Bonchev–Trinajstić information content (AvgIpc) is 3.15. The second-order valence-electron chi connectivity index (χ2n) is 8.64. The van der Waals surface area contributed by atoms with Gasteiger partial charge in [-0.05, 0) is 49.2 Å². The van der Waals surface area contributed by atoms with Crippen LogP contribution in [-0.4, -0.2) is 80.9 Å². The van der Waals surface area contributed by atoms with Crippen molar-refractivity contribution >= 4 is 15.9 Å². The molecule has 0 bridgehead atoms. The van der Waals surface area contributed by atoms with Gasteiger partial charge in [-0.2, -0.15) is 4.31 Å². The number of para-hydroxylation sites is 1. The van der Waals surface area contributed by atoms with Crippen LogP contribution < -0.4 is 4.74 Å². The summed E-state index contributed by atoms with van der Waals surface area (Å²) < 4.78 is 33.2. The Kier molecular flexibility index (Phi) is 8.01. The molecule has 0 saturated carbocycles. The Morgan fingerprint density at radius 3 is 2.06 bits per heavy atom. The maximum atomic E-state index is 13.0. The van der Waals surface area contributed by atoms with Crippen molar-refractivity contribution in [3.05, 3.63) is 60.2 Å². The zero-order valence-electron chi connectivity index (χ0n) is 19.1. The highest BCUT2D eigenvalue weighted by Gasteiger charge is 2.26. The molecule has 0 aromatic heterocycles. The van der Waals surface area contributed by atoms with Gasteiger partial charge in [0.2, 0.25) is 10.0 Å². The molecule has 178 valence electrons. The first-order valence-electron chi connectivity index (χ1n) is 11.8. The molecule has 2 aliphatic heterocycles. The van der Waals surface area contributed by atoms with Gasteiger partial charge >= 0.3 is 0 Å². The van der Waals surface area contributed by atoms with E-state index >= 15 is 0 Å². The zero-order valence-corrected chi connectivity index (χ0v) is 19.9. The molecule has 0 aliphatic carbocycles. The number of carbonyl (C=O) groups is 1. The van der Waals surface area contributed by atoms with Crippen LogP contribution in [-0.2, 0) is 10.0 Å². The molecule has 0 radical (unpaired) electrons. The predicted octanol–water partition coefficient (Wildman–Crippen LogP) is 3.09. The molecule has 33 heavy (non-hydrogen) atoms. The molecule has 2 heterocycles. The third-order valence-electron chi connectivity index (χ3n) is 6.38. The van der Waals surface area contributed by atoms with E-state index in [1.807, 2.05) is 35.2 Å². The molecule has 2 aliphatic rings. The van der Waals surface area contributed by atoms with Gasteiger partial charge in [0.15, 0.2) is 0 Å². The lowest BCUT2D eigenvalue weighted by Crippen LogP contribution is -2.49. The van der Waals surface area contributed by atoms with Crippen LogP contribution in [0.2, 0.25) is 0 Å². The van der Waals surface area contributed by atoms with Gasteiger partial charge in [0, 0.05) is 51.4 Å². The van der Waals surface area contributed by atoms with Crippen LogP contribution in [0.1, 0.15) is 36.0 Å². The summed E-state index contributed by atoms with van der Waals surface area (Å²) in [5, 5.41) is 0. The molecule has 2 saturated heterocycles. The van der Waals surface area contributed by atoms with Crippen LogP contribution in [0.3, 0.4) is 0 Å². The molecule has 2 fully saturated rings. The number of carbonyl (C=O) groups excluding carboxylic acids is 1. The predicted molar refractivity (Wildman–Crippen MR) is 128 cm³/mol. The minimum atomic E-state index is -3.50. The molecule has 2 aromatic carbocycles. The van der Waals surface area contributed by atoms with Gasteiger partial charge in [-0.25, -0.2) is 8.42 Å². The lowest BCUT2D eigenvalue weighted by molar-refractivity contribution is 0.0620. The quantitative estimate of drug-likeness (QED) is 0.621. The van der Waals surface area contributed by atoms with Crippen LogP contribution >= 0.6 is 0 Å². The first-order chi connectivity index (χ1) is 16.0. The molecule has 7 nitrogen and oxygen atoms in total. The maximum absolute atomic E-state index is 13.0. The fraction of sp³-hybridized carbons (Fsp3) is 0.480. The number of ether oxygens (including phenoxy) is 1. The highest BCUT2D eigenvalue weighted by atomic mass is 32.2. The molecular formula is C25H33N3O4S. The van der Waals surface area contributed by atoms with Crippen molar-refractivity contribution < 1.29 is 17.9 Å². The molecule has 1 amide bonds. The molecule has 0 unspecified atom stereocenters. The molecule has 4 rings (SSSR count). The minimum absolute atomic E-state index is 0.0473. The topological polar surface area (TPSA) is 70.2 Å². The summed E-state index contributed by atoms with van der Waals surface area (Å²) >= 11 is 0. The lowest BCUT2D eigenvalue weighted by Gasteiger charge is -2.34. The Morgan fingerprint density at radius 2 is 1.42 bits per heavy atom. The van der Waals surface area contributed by atoms with E-state index in [4.69, 9.17) is 4.74 Å². The van der Waals surface area contributed by atoms with Crippen molar-refractivity contribution in [1.29, 1.82) is 0 Å². The number of amides is 1. The van der Waals surface area contributed by atoms with Crippen molar-refractivity contribution in [1.82, 2.24) is 14.1 Å². The van der Waals surface area contributed by atoms with Gasteiger partial charge in [0.05, 0.1) is 4.90 Å². The molecule has 0 N–H and O–H groups in total. The van der Waals surface area contributed by atoms with E-state index in [9.17, 15) is 13.2 Å². The first-order valence-corrected chi connectivity index (χ1v) is 13.3. The van der Waals surface area contributed by atoms with Gasteiger partial charge in [-0.3, -0.25) is 9.69 Å². The van der Waals surface area contributed by atoms with Crippen LogP contribution in [0, 0.1) is 0 Å². The smallest absolute Gasteiger partial charge is 0.253 e. The second kappa shape index (κ2) is 11.1. The van der Waals surface area contributed by atoms with Crippen molar-refractivity contribution in [3.8, 4) is 5.75 Å². The van der Waals surface area contributed by atoms with Crippen LogP contribution in [0.4, 0.5) is 0 Å². The Labute approximate surface area is 197 Å². The number of piperazine rings is 1. The van der Waals surface area contributed by atoms with Gasteiger partial charge in [0.1, 0.15) is 12.4 Å². The summed E-state index contributed by atoms with van der Waals surface area (Å²) in [6.07, 6.45) is 3.96. The van der Waals surface area contributed by atoms with Crippen molar-refractivity contribution in [2.24, 2.45) is 0 Å². The summed E-state index contributed by atoms with van der Waals surface area (Å²) in [6.45, 7) is 5.48. The van der Waals surface area contributed by atoms with E-state index in [0.717, 1.165) is 51.1 Å². The number of hydrogen-bond acceptors (Lipinski definition) is 5. The van der Waals surface area contributed by atoms with Crippen molar-refractivity contribution in [2.45, 2.75) is 30.6 Å². The standard InChI is InChI=1S/C25H33N3O4S/c29-25(27-18-16-26(17-19-27)20-21-32-23-8-4-3-5-9-23)22-10-12-24(13-11-22)33(30,31)28-14-6-1-2-7-15-28/h3-5,8-13H,1-2,6-7,14-21H2. The van der Waals surface area contributed by atoms with Gasteiger partial charge < -0.3 is 9.64 Å². The highest BCUT2D eigenvalue weighted by molar-refractivity contribution is 7.89. The molecule has 0 atom stereocenters. The van der Waals surface area contributed by atoms with E-state index in [0.29, 0.717) is 38.3 Å². The minimum Gasteiger partial charge on any atom is -0.492 e. The third-order valence-corrected chi connectivity index (χ3v) is 8.30. The SMILES string of the molecule is O=C(c1ccc(S(=O)(=O)N2CCCCCC2)cc1)N1CCN(CCOc2ccccc2)CC1. The summed E-state index contributed by atoms with van der Waals surface area (Å²) in [7, 11) is -3.50. The Morgan fingerprint density at radius 1 is 0.788 bits per heavy atom. The summed E-state index contributed by atoms with van der Waals surface area (Å²) in [4.78, 5) is 17.3. The van der Waals surface area contributed by atoms with Crippen molar-refractivity contribution in [3.63, 3.8) is 0 Å². The van der Waals surface area contributed by atoms with E-state index in [1.165, 1.54) is 0 Å². The number of nitrogens with zero attached hydrogens (tertiary/aromatic N) is 3. The normalized spacial score (nSPS) is 18.6. The summed E-state index contributed by atoms with van der Waals surface area (Å²) in [5.41, 5.74) is 0.533. The van der Waals surface area contributed by atoms with Crippen molar-refractivity contribution in [2.75, 3.05) is 52.4 Å². The van der Waals surface area contributed by atoms with Gasteiger partial charge in [-0.15, -0.1) is 0 Å². The second-order valence-corrected chi connectivity index (χ2v) is 10.6. The van der Waals surface area contributed by atoms with Crippen LogP contribution in [0.5, 0.6) is 5.75 Å². The Bertz CT molecular complexity index is 996. The number of sulfonamides is 1. The zero-order chi connectivity index (χ0) is 23.1. The maximum Gasteiger partial charge on any atom is 0.253 e. The van der Waals surface area contributed by atoms with E-state index in [-0.39, 0.29) is 10.8 Å². The summed E-state index contributed by atoms with van der Waals surface area (Å²) in [6, 6.07) is 16.2. The van der Waals surface area contributed by atoms with Gasteiger partial charge in [-0.1, -0.05) is 31.0 Å². The van der Waals surface area contributed by atoms with Gasteiger partial charge in [0.25, 0.3) is 5.91 Å². The highest BCUT2D eigenvalue weighted by Crippen LogP contribution is 2.21.